The maximum absolute atomic E-state index is 11.9. The van der Waals surface area contributed by atoms with Crippen LogP contribution in [0.1, 0.15) is 16.0 Å². The number of hydrogen-bond acceptors (Lipinski definition) is 6. The summed E-state index contributed by atoms with van der Waals surface area (Å²) in [5, 5.41) is 15.3. The summed E-state index contributed by atoms with van der Waals surface area (Å²) in [4.78, 5) is 34.9. The predicted molar refractivity (Wildman–Crippen MR) is 90.2 cm³/mol. The number of nitrogens with one attached hydrogen (secondary N) is 1. The van der Waals surface area contributed by atoms with Crippen LogP contribution in [-0.4, -0.2) is 23.4 Å². The number of hydrogen-bond donors (Lipinski definition) is 1. The predicted octanol–water partition coefficient (Wildman–Crippen LogP) is 3.00. The smallest absolute Gasteiger partial charge is 0.311 e. The molecule has 1 amide bonds. The second-order valence-corrected chi connectivity index (χ2v) is 6.21. The topological polar surface area (TPSA) is 98.5 Å². The number of carbonyl (C=O) groups excluding carboxylic acids is 2. The Morgan fingerprint density at radius 1 is 1.29 bits per heavy atom. The molecule has 0 saturated carbocycles. The molecule has 0 atom stereocenters. The highest BCUT2D eigenvalue weighted by molar-refractivity contribution is 7.10. The molecule has 7 nitrogen and oxygen atoms in total. The number of carbonyl (C=O) groups is 2. The van der Waals surface area contributed by atoms with Crippen LogP contribution in [0.5, 0.6) is 0 Å². The average Bonchev–Trinajstić information content (AvgIpc) is 3.01. The summed E-state index contributed by atoms with van der Waals surface area (Å²) in [5.74, 6) is -1.15. The van der Waals surface area contributed by atoms with Crippen LogP contribution in [0.25, 0.3) is 0 Å². The molecule has 0 aliphatic carbocycles. The quantitative estimate of drug-likeness (QED) is 0.491. The fourth-order valence-electron chi connectivity index (χ4n) is 1.99. The van der Waals surface area contributed by atoms with E-state index in [1.807, 2.05) is 11.4 Å². The fourth-order valence-corrected chi connectivity index (χ4v) is 2.68. The molecule has 24 heavy (non-hydrogen) atoms. The van der Waals surface area contributed by atoms with Crippen LogP contribution < -0.4 is 5.32 Å². The van der Waals surface area contributed by atoms with Gasteiger partial charge in [-0.2, -0.15) is 0 Å². The maximum atomic E-state index is 11.9. The van der Waals surface area contributed by atoms with Gasteiger partial charge in [0.15, 0.2) is 6.61 Å². The zero-order chi connectivity index (χ0) is 17.7. The van der Waals surface area contributed by atoms with Crippen LogP contribution >= 0.6 is 11.3 Å². The van der Waals surface area contributed by atoms with Crippen molar-refractivity contribution < 1.29 is 19.2 Å². The second-order valence-electron chi connectivity index (χ2n) is 5.18. The first kappa shape index (κ1) is 17.6. The van der Waals surface area contributed by atoms with Gasteiger partial charge >= 0.3 is 5.97 Å². The zero-order valence-corrected chi connectivity index (χ0v) is 14.0. The minimum Gasteiger partial charge on any atom is -0.455 e. The van der Waals surface area contributed by atoms with Crippen molar-refractivity contribution in [3.8, 4) is 0 Å². The van der Waals surface area contributed by atoms with Crippen LogP contribution in [0.15, 0.2) is 29.6 Å². The molecule has 1 aromatic heterocycles. The Bertz CT molecular complexity index is 771. The number of aryl methyl sites for hydroxylation is 2. The molecule has 2 aromatic rings. The van der Waals surface area contributed by atoms with Gasteiger partial charge in [0.2, 0.25) is 0 Å². The van der Waals surface area contributed by atoms with Gasteiger partial charge in [-0.05, 0) is 42.5 Å². The second kappa shape index (κ2) is 7.69. The average molecular weight is 348 g/mol. The van der Waals surface area contributed by atoms with Crippen molar-refractivity contribution >= 4 is 34.6 Å². The third kappa shape index (κ3) is 4.63. The molecule has 126 valence electrons. The molecule has 1 aromatic carbocycles. The van der Waals surface area contributed by atoms with E-state index < -0.39 is 23.4 Å². The van der Waals surface area contributed by atoms with Crippen molar-refractivity contribution in [3.05, 3.63) is 55.8 Å². The number of thiophene rings is 1. The van der Waals surface area contributed by atoms with Crippen LogP contribution in [0.2, 0.25) is 0 Å². The summed E-state index contributed by atoms with van der Waals surface area (Å²) in [6.07, 6.45) is 0.0920. The number of benzene rings is 1. The molecular formula is C16H16N2O5S. The summed E-state index contributed by atoms with van der Waals surface area (Å²) >= 11 is 1.42. The molecule has 0 aliphatic rings. The number of anilines is 1. The number of ether oxygens (including phenoxy) is 1. The van der Waals surface area contributed by atoms with E-state index in [2.05, 4.69) is 5.32 Å². The monoisotopic (exact) mass is 348 g/mol. The van der Waals surface area contributed by atoms with E-state index in [0.717, 1.165) is 16.0 Å². The van der Waals surface area contributed by atoms with E-state index in [4.69, 9.17) is 4.74 Å². The van der Waals surface area contributed by atoms with Crippen molar-refractivity contribution in [2.75, 3.05) is 11.9 Å². The summed E-state index contributed by atoms with van der Waals surface area (Å²) in [6, 6.07) is 6.54. The molecule has 8 heteroatoms. The van der Waals surface area contributed by atoms with Crippen LogP contribution in [0, 0.1) is 24.0 Å². The van der Waals surface area contributed by atoms with Gasteiger partial charge in [0, 0.05) is 10.9 Å². The van der Waals surface area contributed by atoms with Crippen LogP contribution in [0.4, 0.5) is 11.4 Å². The van der Waals surface area contributed by atoms with E-state index in [1.165, 1.54) is 23.5 Å². The lowest BCUT2D eigenvalue weighted by Crippen LogP contribution is -2.22. The van der Waals surface area contributed by atoms with Gasteiger partial charge in [0.25, 0.3) is 11.6 Å². The number of nitro benzene ring substituents is 1. The molecule has 0 spiro atoms. The van der Waals surface area contributed by atoms with Gasteiger partial charge in [0.05, 0.1) is 11.3 Å². The maximum Gasteiger partial charge on any atom is 0.311 e. The standard InChI is InChI=1S/C16H16N2O5S/c1-10-6-13(14(18(21)22)7-11(10)2)17-15(19)9-23-16(20)8-12-4-3-5-24-12/h3-7H,8-9H2,1-2H3,(H,17,19). The Hall–Kier alpha value is -2.74. The summed E-state index contributed by atoms with van der Waals surface area (Å²) in [6.45, 7) is 3.05. The van der Waals surface area contributed by atoms with E-state index in [9.17, 15) is 19.7 Å². The van der Waals surface area contributed by atoms with Gasteiger partial charge in [-0.25, -0.2) is 0 Å². The van der Waals surface area contributed by atoms with Gasteiger partial charge in [0.1, 0.15) is 5.69 Å². The van der Waals surface area contributed by atoms with Crippen molar-refractivity contribution in [2.24, 2.45) is 0 Å². The van der Waals surface area contributed by atoms with Crippen molar-refractivity contribution in [3.63, 3.8) is 0 Å². The van der Waals surface area contributed by atoms with Crippen molar-refractivity contribution in [1.29, 1.82) is 0 Å². The lowest BCUT2D eigenvalue weighted by molar-refractivity contribution is -0.384. The fraction of sp³-hybridized carbons (Fsp3) is 0.250. The molecule has 0 unspecified atom stereocenters. The van der Waals surface area contributed by atoms with E-state index in [-0.39, 0.29) is 17.8 Å². The zero-order valence-electron chi connectivity index (χ0n) is 13.2. The number of nitro groups is 1. The van der Waals surface area contributed by atoms with E-state index in [0.29, 0.717) is 0 Å². The SMILES string of the molecule is Cc1cc(NC(=O)COC(=O)Cc2cccs2)c([N+](=O)[O-])cc1C. The normalized spacial score (nSPS) is 10.2. The number of nitrogens with zero attached hydrogens (tertiary/aromatic N) is 1. The van der Waals surface area contributed by atoms with Crippen molar-refractivity contribution in [2.45, 2.75) is 20.3 Å². The molecule has 0 aliphatic heterocycles. The summed E-state index contributed by atoms with van der Waals surface area (Å²) in [5.41, 5.74) is 1.45. The Balaban J connectivity index is 1.96. The highest BCUT2D eigenvalue weighted by Gasteiger charge is 2.18. The molecule has 1 N–H and O–H groups in total. The van der Waals surface area contributed by atoms with E-state index >= 15 is 0 Å². The molecular weight excluding hydrogens is 332 g/mol. The lowest BCUT2D eigenvalue weighted by Gasteiger charge is -2.09. The van der Waals surface area contributed by atoms with Gasteiger partial charge in [-0.15, -0.1) is 11.3 Å². The first-order chi connectivity index (χ1) is 11.4. The molecule has 0 bridgehead atoms. The van der Waals surface area contributed by atoms with Gasteiger partial charge in [-0.1, -0.05) is 6.07 Å². The Labute approximate surface area is 142 Å². The minimum absolute atomic E-state index is 0.0856. The first-order valence-electron chi connectivity index (χ1n) is 7.10. The number of esters is 1. The van der Waals surface area contributed by atoms with Crippen molar-refractivity contribution in [1.82, 2.24) is 0 Å². The molecule has 1 heterocycles. The van der Waals surface area contributed by atoms with Crippen LogP contribution in [-0.2, 0) is 20.7 Å². The molecule has 0 radical (unpaired) electrons. The van der Waals surface area contributed by atoms with Crippen LogP contribution in [0.3, 0.4) is 0 Å². The summed E-state index contributed by atoms with van der Waals surface area (Å²) in [7, 11) is 0. The Morgan fingerprint density at radius 3 is 2.62 bits per heavy atom. The van der Waals surface area contributed by atoms with E-state index in [1.54, 1.807) is 19.9 Å². The number of amides is 1. The number of rotatable bonds is 6. The molecule has 2 rings (SSSR count). The Kier molecular flexibility index (Phi) is 5.64. The summed E-state index contributed by atoms with van der Waals surface area (Å²) < 4.78 is 4.89. The van der Waals surface area contributed by atoms with Gasteiger partial charge < -0.3 is 10.1 Å². The largest absolute Gasteiger partial charge is 0.455 e. The highest BCUT2D eigenvalue weighted by Crippen LogP contribution is 2.27. The third-order valence-electron chi connectivity index (χ3n) is 3.35. The third-order valence-corrected chi connectivity index (χ3v) is 4.22. The minimum atomic E-state index is -0.624. The molecule has 0 fully saturated rings. The van der Waals surface area contributed by atoms with Gasteiger partial charge in [-0.3, -0.25) is 19.7 Å². The highest BCUT2D eigenvalue weighted by atomic mass is 32.1. The lowest BCUT2D eigenvalue weighted by atomic mass is 10.1. The first-order valence-corrected chi connectivity index (χ1v) is 7.98. The molecule has 0 saturated heterocycles. The Morgan fingerprint density at radius 2 is 2.00 bits per heavy atom.